The zero-order chi connectivity index (χ0) is 13.1. The molecule has 3 N–H and O–H groups in total. The third-order valence-corrected chi connectivity index (χ3v) is 3.92. The fourth-order valence-corrected chi connectivity index (χ4v) is 2.72. The molecule has 0 saturated heterocycles. The van der Waals surface area contributed by atoms with E-state index in [1.54, 1.807) is 17.5 Å². The van der Waals surface area contributed by atoms with E-state index in [0.29, 0.717) is 16.6 Å². The number of hydrogen-bond acceptors (Lipinski definition) is 3. The predicted octanol–water partition coefficient (Wildman–Crippen LogP) is 3.36. The topological polar surface area (TPSA) is 55.1 Å². The first kappa shape index (κ1) is 13.0. The molecule has 6 heteroatoms. The van der Waals surface area contributed by atoms with E-state index in [-0.39, 0.29) is 5.82 Å². The molecule has 0 radical (unpaired) electrons. The number of benzene rings is 1. The minimum Gasteiger partial charge on any atom is -0.379 e. The van der Waals surface area contributed by atoms with Crippen molar-refractivity contribution in [2.75, 3.05) is 5.32 Å². The van der Waals surface area contributed by atoms with E-state index < -0.39 is 5.91 Å². The van der Waals surface area contributed by atoms with Crippen molar-refractivity contribution in [3.8, 4) is 0 Å². The number of amides is 1. The molecule has 1 amide bonds. The van der Waals surface area contributed by atoms with E-state index >= 15 is 0 Å². The van der Waals surface area contributed by atoms with Gasteiger partial charge in [0.2, 0.25) is 5.91 Å². The normalized spacial score (nSPS) is 10.3. The second-order valence-corrected chi connectivity index (χ2v) is 5.49. The molecule has 0 spiro atoms. The average Bonchev–Trinajstić information content (AvgIpc) is 2.76. The molecule has 0 aliphatic rings. The number of rotatable bonds is 4. The highest BCUT2D eigenvalue weighted by molar-refractivity contribution is 9.10. The standard InChI is InChI=1S/C12H10BrFN2OS/c13-10-4-8(14)1-2-11(10)16-5-9-3-7(6-18-9)12(15)17/h1-4,6,16H,5H2,(H2,15,17). The summed E-state index contributed by atoms with van der Waals surface area (Å²) in [5, 5.41) is 4.87. The van der Waals surface area contributed by atoms with Gasteiger partial charge in [0.15, 0.2) is 0 Å². The van der Waals surface area contributed by atoms with Crippen LogP contribution >= 0.6 is 27.3 Å². The third kappa shape index (κ3) is 3.08. The van der Waals surface area contributed by atoms with Crippen LogP contribution in [-0.4, -0.2) is 5.91 Å². The first-order valence-electron chi connectivity index (χ1n) is 5.12. The molecule has 2 rings (SSSR count). The summed E-state index contributed by atoms with van der Waals surface area (Å²) in [6.07, 6.45) is 0. The summed E-state index contributed by atoms with van der Waals surface area (Å²) in [4.78, 5) is 11.9. The fourth-order valence-electron chi connectivity index (χ4n) is 1.42. The molecule has 94 valence electrons. The van der Waals surface area contributed by atoms with Crippen molar-refractivity contribution in [1.82, 2.24) is 0 Å². The Kier molecular flexibility index (Phi) is 3.98. The maximum atomic E-state index is 12.9. The Hall–Kier alpha value is -1.40. The smallest absolute Gasteiger partial charge is 0.249 e. The zero-order valence-electron chi connectivity index (χ0n) is 9.24. The molecule has 18 heavy (non-hydrogen) atoms. The predicted molar refractivity (Wildman–Crippen MR) is 74.3 cm³/mol. The summed E-state index contributed by atoms with van der Waals surface area (Å²) in [7, 11) is 0. The van der Waals surface area contributed by atoms with Crippen LogP contribution in [0.25, 0.3) is 0 Å². The Morgan fingerprint density at radius 2 is 2.22 bits per heavy atom. The number of primary amides is 1. The number of carbonyl (C=O) groups excluding carboxylic acids is 1. The number of carbonyl (C=O) groups is 1. The van der Waals surface area contributed by atoms with Crippen molar-refractivity contribution >= 4 is 38.9 Å². The van der Waals surface area contributed by atoms with Gasteiger partial charge < -0.3 is 11.1 Å². The van der Waals surface area contributed by atoms with Crippen LogP contribution in [0.1, 0.15) is 15.2 Å². The van der Waals surface area contributed by atoms with Crippen molar-refractivity contribution in [2.24, 2.45) is 5.73 Å². The summed E-state index contributed by atoms with van der Waals surface area (Å²) in [5.74, 6) is -0.722. The lowest BCUT2D eigenvalue weighted by atomic mass is 10.3. The van der Waals surface area contributed by atoms with Gasteiger partial charge in [-0.25, -0.2) is 4.39 Å². The average molecular weight is 329 g/mol. The van der Waals surface area contributed by atoms with E-state index in [9.17, 15) is 9.18 Å². The molecule has 1 heterocycles. The molecule has 0 fully saturated rings. The minimum absolute atomic E-state index is 0.292. The number of thiophene rings is 1. The monoisotopic (exact) mass is 328 g/mol. The van der Waals surface area contributed by atoms with E-state index in [2.05, 4.69) is 21.2 Å². The first-order chi connectivity index (χ1) is 8.56. The van der Waals surface area contributed by atoms with Gasteiger partial charge in [0, 0.05) is 27.0 Å². The van der Waals surface area contributed by atoms with Crippen LogP contribution in [0.2, 0.25) is 0 Å². The van der Waals surface area contributed by atoms with Crippen LogP contribution in [0.4, 0.5) is 10.1 Å². The van der Waals surface area contributed by atoms with Crippen molar-refractivity contribution in [1.29, 1.82) is 0 Å². The molecule has 0 unspecified atom stereocenters. The van der Waals surface area contributed by atoms with Gasteiger partial charge in [-0.3, -0.25) is 4.79 Å². The van der Waals surface area contributed by atoms with Crippen molar-refractivity contribution < 1.29 is 9.18 Å². The quantitative estimate of drug-likeness (QED) is 0.904. The number of anilines is 1. The van der Waals surface area contributed by atoms with E-state index in [1.807, 2.05) is 0 Å². The molecule has 1 aromatic heterocycles. The number of nitrogens with one attached hydrogen (secondary N) is 1. The van der Waals surface area contributed by atoms with E-state index in [1.165, 1.54) is 23.5 Å². The fraction of sp³-hybridized carbons (Fsp3) is 0.0833. The van der Waals surface area contributed by atoms with Crippen LogP contribution in [0.3, 0.4) is 0 Å². The van der Waals surface area contributed by atoms with Crippen LogP contribution in [-0.2, 0) is 6.54 Å². The maximum absolute atomic E-state index is 12.9. The molecule has 0 aliphatic heterocycles. The summed E-state index contributed by atoms with van der Waals surface area (Å²) in [6, 6.07) is 6.18. The highest BCUT2D eigenvalue weighted by atomic mass is 79.9. The molecule has 0 bridgehead atoms. The lowest BCUT2D eigenvalue weighted by Crippen LogP contribution is -2.09. The van der Waals surface area contributed by atoms with Gasteiger partial charge in [-0.15, -0.1) is 11.3 Å². The molecule has 1 aromatic carbocycles. The van der Waals surface area contributed by atoms with Crippen LogP contribution in [0.15, 0.2) is 34.1 Å². The lowest BCUT2D eigenvalue weighted by Gasteiger charge is -2.07. The SMILES string of the molecule is NC(=O)c1csc(CNc2ccc(F)cc2Br)c1. The van der Waals surface area contributed by atoms with E-state index in [4.69, 9.17) is 5.73 Å². The highest BCUT2D eigenvalue weighted by Crippen LogP contribution is 2.24. The lowest BCUT2D eigenvalue weighted by molar-refractivity contribution is 0.100. The molecule has 3 nitrogen and oxygen atoms in total. The molecule has 2 aromatic rings. The Bertz CT molecular complexity index is 585. The Balaban J connectivity index is 2.04. The third-order valence-electron chi connectivity index (χ3n) is 2.32. The van der Waals surface area contributed by atoms with E-state index in [0.717, 1.165) is 10.6 Å². The van der Waals surface area contributed by atoms with Crippen molar-refractivity contribution in [3.05, 3.63) is 50.4 Å². The molecule has 0 saturated carbocycles. The van der Waals surface area contributed by atoms with Gasteiger partial charge in [0.25, 0.3) is 0 Å². The number of hydrogen-bond donors (Lipinski definition) is 2. The van der Waals surface area contributed by atoms with Gasteiger partial charge >= 0.3 is 0 Å². The van der Waals surface area contributed by atoms with Gasteiger partial charge in [-0.05, 0) is 40.2 Å². The first-order valence-corrected chi connectivity index (χ1v) is 6.79. The highest BCUT2D eigenvalue weighted by Gasteiger charge is 2.06. The van der Waals surface area contributed by atoms with Gasteiger partial charge in [-0.2, -0.15) is 0 Å². The molecule has 0 atom stereocenters. The van der Waals surface area contributed by atoms with Crippen molar-refractivity contribution in [3.63, 3.8) is 0 Å². The van der Waals surface area contributed by atoms with Gasteiger partial charge in [0.05, 0.1) is 5.56 Å². The maximum Gasteiger partial charge on any atom is 0.249 e. The van der Waals surface area contributed by atoms with Crippen LogP contribution < -0.4 is 11.1 Å². The van der Waals surface area contributed by atoms with Crippen molar-refractivity contribution in [2.45, 2.75) is 6.54 Å². The Morgan fingerprint density at radius 3 is 2.83 bits per heavy atom. The summed E-state index contributed by atoms with van der Waals surface area (Å²) >= 11 is 4.73. The van der Waals surface area contributed by atoms with Crippen LogP contribution in [0, 0.1) is 5.82 Å². The zero-order valence-corrected chi connectivity index (χ0v) is 11.6. The number of nitrogens with two attached hydrogens (primary N) is 1. The Morgan fingerprint density at radius 1 is 1.44 bits per heavy atom. The van der Waals surface area contributed by atoms with Gasteiger partial charge in [0.1, 0.15) is 5.82 Å². The largest absolute Gasteiger partial charge is 0.379 e. The van der Waals surface area contributed by atoms with Crippen LogP contribution in [0.5, 0.6) is 0 Å². The molecule has 0 aliphatic carbocycles. The second kappa shape index (κ2) is 5.49. The number of halogens is 2. The summed E-state index contributed by atoms with van der Waals surface area (Å²) in [5.41, 5.74) is 6.48. The second-order valence-electron chi connectivity index (χ2n) is 3.64. The Labute approximate surface area is 116 Å². The minimum atomic E-state index is -0.430. The molecular formula is C12H10BrFN2OS. The van der Waals surface area contributed by atoms with Gasteiger partial charge in [-0.1, -0.05) is 0 Å². The summed E-state index contributed by atoms with van der Waals surface area (Å²) in [6.45, 7) is 0.558. The summed E-state index contributed by atoms with van der Waals surface area (Å²) < 4.78 is 13.6. The molecular weight excluding hydrogens is 319 g/mol.